The lowest BCUT2D eigenvalue weighted by atomic mass is 10.1. The van der Waals surface area contributed by atoms with E-state index in [1.165, 1.54) is 0 Å². The molecule has 0 fully saturated rings. The second-order valence-electron chi connectivity index (χ2n) is 3.87. The maximum atomic E-state index is 12.0. The number of hydrogen-bond donors (Lipinski definition) is 1. The molecule has 0 atom stereocenters. The number of hydrogen-bond acceptors (Lipinski definition) is 2. The van der Waals surface area contributed by atoms with Crippen molar-refractivity contribution in [2.45, 2.75) is 6.42 Å². The molecule has 17 heavy (non-hydrogen) atoms. The van der Waals surface area contributed by atoms with Gasteiger partial charge in [-0.2, -0.15) is 0 Å². The van der Waals surface area contributed by atoms with Crippen LogP contribution in [0.5, 0.6) is 0 Å². The first-order chi connectivity index (χ1) is 8.15. The number of benzene rings is 1. The summed E-state index contributed by atoms with van der Waals surface area (Å²) in [5.41, 5.74) is 1.60. The van der Waals surface area contributed by atoms with E-state index in [1.54, 1.807) is 0 Å². The first kappa shape index (κ1) is 12.2. The summed E-state index contributed by atoms with van der Waals surface area (Å²) in [7, 11) is 1.91. The third kappa shape index (κ3) is 3.33. The zero-order chi connectivity index (χ0) is 12.3. The Morgan fingerprint density at radius 2 is 2.06 bits per heavy atom. The van der Waals surface area contributed by atoms with Crippen LogP contribution in [0.3, 0.4) is 0 Å². The number of rotatable bonds is 2. The van der Waals surface area contributed by atoms with E-state index >= 15 is 0 Å². The zero-order valence-electron chi connectivity index (χ0n) is 9.48. The predicted octanol–water partition coefficient (Wildman–Crippen LogP) is 2.96. The summed E-state index contributed by atoms with van der Waals surface area (Å²) in [5, 5.41) is 2.89. The Bertz CT molecular complexity index is 477. The highest BCUT2D eigenvalue weighted by atomic mass is 125. The Morgan fingerprint density at radius 3 is 2.71 bits per heavy atom. The van der Waals surface area contributed by atoms with Crippen molar-refractivity contribution in [1.29, 1.82) is 0 Å². The van der Waals surface area contributed by atoms with Crippen LogP contribution in [0.25, 0.3) is 0 Å². The molecule has 3 nitrogen and oxygen atoms in total. The summed E-state index contributed by atoms with van der Waals surface area (Å²) in [6.07, 6.45) is 6.45. The molecular weight excluding hydrogens is 325 g/mol. The van der Waals surface area contributed by atoms with E-state index in [4.69, 9.17) is 0 Å². The summed E-state index contributed by atoms with van der Waals surface area (Å²) >= 11 is 2.24. The average molecular weight is 338 g/mol. The predicted molar refractivity (Wildman–Crippen MR) is 77.4 cm³/mol. The second kappa shape index (κ2) is 5.35. The van der Waals surface area contributed by atoms with Crippen LogP contribution in [0.1, 0.15) is 6.42 Å². The number of carbonyl (C=O) groups excluding carboxylic acids is 1. The number of carbonyl (C=O) groups is 1. The highest BCUT2D eigenvalue weighted by Crippen LogP contribution is 2.15. The van der Waals surface area contributed by atoms with Gasteiger partial charge in [-0.25, -0.2) is 0 Å². The van der Waals surface area contributed by atoms with Crippen molar-refractivity contribution < 1.29 is 4.79 Å². The van der Waals surface area contributed by atoms with E-state index in [2.05, 4.69) is 27.9 Å². The lowest BCUT2D eigenvalue weighted by Crippen LogP contribution is -2.18. The standard InChI is InChI=1S/C13H13IN2O/c1-16-8-2-3-10(9-16)13(17)15-12-6-4-11(14)5-7-12/h2,4-9H,3H2,1H3,(H,15,17)/i14-2. The molecule has 0 bridgehead atoms. The minimum absolute atomic E-state index is 0.0394. The summed E-state index contributed by atoms with van der Waals surface area (Å²) in [6, 6.07) is 7.75. The molecule has 1 aliphatic rings. The van der Waals surface area contributed by atoms with Gasteiger partial charge in [0.1, 0.15) is 0 Å². The topological polar surface area (TPSA) is 32.3 Å². The van der Waals surface area contributed by atoms with Gasteiger partial charge in [-0.05, 0) is 59.5 Å². The maximum Gasteiger partial charge on any atom is 0.253 e. The van der Waals surface area contributed by atoms with Gasteiger partial charge in [0.25, 0.3) is 5.91 Å². The molecular formula is C13H13IN2O. The summed E-state index contributed by atoms with van der Waals surface area (Å²) in [5.74, 6) is -0.0394. The number of allylic oxidation sites excluding steroid dienone is 1. The molecule has 0 spiro atoms. The number of halogens is 1. The molecule has 0 aliphatic carbocycles. The molecule has 1 aromatic carbocycles. The van der Waals surface area contributed by atoms with Gasteiger partial charge in [-0.3, -0.25) is 4.79 Å². The highest BCUT2D eigenvalue weighted by Gasteiger charge is 2.11. The molecule has 1 heterocycles. The van der Waals surface area contributed by atoms with Crippen molar-refractivity contribution in [3.63, 3.8) is 0 Å². The summed E-state index contributed by atoms with van der Waals surface area (Å²) < 4.78 is 1.15. The molecule has 1 aromatic rings. The van der Waals surface area contributed by atoms with Crippen LogP contribution in [-0.2, 0) is 4.79 Å². The molecule has 0 saturated heterocycles. The Kier molecular flexibility index (Phi) is 3.83. The monoisotopic (exact) mass is 338 g/mol. The minimum atomic E-state index is -0.0394. The van der Waals surface area contributed by atoms with Crippen LogP contribution in [0.15, 0.2) is 48.3 Å². The molecule has 0 radical (unpaired) electrons. The minimum Gasteiger partial charge on any atom is -0.357 e. The molecule has 2 rings (SSSR count). The van der Waals surface area contributed by atoms with Gasteiger partial charge in [-0.15, -0.1) is 0 Å². The number of nitrogens with zero attached hydrogens (tertiary/aromatic N) is 1. The van der Waals surface area contributed by atoms with Crippen molar-refractivity contribution in [2.75, 3.05) is 12.4 Å². The van der Waals surface area contributed by atoms with Crippen LogP contribution in [-0.4, -0.2) is 17.9 Å². The fraction of sp³-hybridized carbons (Fsp3) is 0.154. The Labute approximate surface area is 114 Å². The lowest BCUT2D eigenvalue weighted by Gasteiger charge is -2.16. The van der Waals surface area contributed by atoms with E-state index in [0.29, 0.717) is 6.42 Å². The van der Waals surface area contributed by atoms with Crippen LogP contribution < -0.4 is 5.32 Å². The van der Waals surface area contributed by atoms with Crippen LogP contribution in [0.4, 0.5) is 5.69 Å². The quantitative estimate of drug-likeness (QED) is 0.841. The number of amides is 1. The maximum absolute atomic E-state index is 12.0. The van der Waals surface area contributed by atoms with Crippen molar-refractivity contribution in [3.05, 3.63) is 51.9 Å². The third-order valence-electron chi connectivity index (χ3n) is 2.43. The van der Waals surface area contributed by atoms with Gasteiger partial charge in [0.15, 0.2) is 0 Å². The fourth-order valence-corrected chi connectivity index (χ4v) is 1.94. The Balaban J connectivity index is 2.04. The van der Waals surface area contributed by atoms with Gasteiger partial charge in [0.2, 0.25) is 0 Å². The van der Waals surface area contributed by atoms with E-state index < -0.39 is 0 Å². The van der Waals surface area contributed by atoms with E-state index in [-0.39, 0.29) is 5.91 Å². The Morgan fingerprint density at radius 1 is 1.35 bits per heavy atom. The average Bonchev–Trinajstić information content (AvgIpc) is 2.32. The van der Waals surface area contributed by atoms with Crippen molar-refractivity contribution in [1.82, 2.24) is 4.90 Å². The normalized spacial score (nSPS) is 14.5. The van der Waals surface area contributed by atoms with Gasteiger partial charge >= 0.3 is 0 Å². The van der Waals surface area contributed by atoms with Gasteiger partial charge in [0.05, 0.1) is 0 Å². The molecule has 4 heteroatoms. The third-order valence-corrected chi connectivity index (χ3v) is 3.15. The number of nitrogens with one attached hydrogen (secondary N) is 1. The highest BCUT2D eigenvalue weighted by molar-refractivity contribution is 14.1. The lowest BCUT2D eigenvalue weighted by molar-refractivity contribution is -0.113. The van der Waals surface area contributed by atoms with E-state index in [1.807, 2.05) is 54.7 Å². The van der Waals surface area contributed by atoms with Crippen LogP contribution in [0.2, 0.25) is 0 Å². The van der Waals surface area contributed by atoms with Crippen LogP contribution in [0, 0.1) is 3.57 Å². The number of anilines is 1. The SMILES string of the molecule is CN1C=CCC(C(=O)Nc2ccc([125I])cc2)=C1. The molecule has 1 amide bonds. The molecule has 1 aliphatic heterocycles. The second-order valence-corrected chi connectivity index (χ2v) is 5.12. The van der Waals surface area contributed by atoms with Crippen molar-refractivity contribution in [3.8, 4) is 0 Å². The van der Waals surface area contributed by atoms with Gasteiger partial charge in [0, 0.05) is 28.1 Å². The largest absolute Gasteiger partial charge is 0.357 e. The Hall–Kier alpha value is -1.30. The summed E-state index contributed by atoms with van der Waals surface area (Å²) in [6.45, 7) is 0. The molecule has 0 saturated carbocycles. The first-order valence-corrected chi connectivity index (χ1v) is 6.39. The molecule has 0 aromatic heterocycles. The van der Waals surface area contributed by atoms with E-state index in [0.717, 1.165) is 14.8 Å². The van der Waals surface area contributed by atoms with Crippen molar-refractivity contribution in [2.24, 2.45) is 0 Å². The van der Waals surface area contributed by atoms with Crippen LogP contribution >= 0.6 is 22.6 Å². The van der Waals surface area contributed by atoms with E-state index in [9.17, 15) is 4.79 Å². The summed E-state index contributed by atoms with van der Waals surface area (Å²) in [4.78, 5) is 13.8. The smallest absolute Gasteiger partial charge is 0.253 e. The zero-order valence-corrected chi connectivity index (χ0v) is 11.6. The molecule has 88 valence electrons. The van der Waals surface area contributed by atoms with Gasteiger partial charge < -0.3 is 10.2 Å². The van der Waals surface area contributed by atoms with Gasteiger partial charge in [-0.1, -0.05) is 6.08 Å². The molecule has 1 N–H and O–H groups in total. The fourth-order valence-electron chi connectivity index (χ4n) is 1.58. The first-order valence-electron chi connectivity index (χ1n) is 5.31. The van der Waals surface area contributed by atoms with Crippen molar-refractivity contribution >= 4 is 34.2 Å². The molecule has 0 unspecified atom stereocenters.